The van der Waals surface area contributed by atoms with Crippen molar-refractivity contribution in [2.45, 2.75) is 6.92 Å². The summed E-state index contributed by atoms with van der Waals surface area (Å²) in [6.45, 7) is 2.04. The summed E-state index contributed by atoms with van der Waals surface area (Å²) >= 11 is 0. The Balaban J connectivity index is 1.87. The van der Waals surface area contributed by atoms with Gasteiger partial charge >= 0.3 is 0 Å². The Morgan fingerprint density at radius 2 is 2.00 bits per heavy atom. The molecule has 19 heavy (non-hydrogen) atoms. The average Bonchev–Trinajstić information content (AvgIpc) is 2.76. The van der Waals surface area contributed by atoms with Gasteiger partial charge < -0.3 is 4.98 Å². The molecule has 2 aromatic heterocycles. The number of pyridine rings is 1. The molecule has 3 aromatic rings. The summed E-state index contributed by atoms with van der Waals surface area (Å²) in [6.07, 6.45) is 3.55. The minimum atomic E-state index is 0.733. The first-order valence-electron chi connectivity index (χ1n) is 6.12. The molecule has 4 heteroatoms. The van der Waals surface area contributed by atoms with Crippen LogP contribution in [0.15, 0.2) is 53.8 Å². The molecule has 0 spiro atoms. The van der Waals surface area contributed by atoms with Gasteiger partial charge in [-0.2, -0.15) is 5.10 Å². The molecule has 0 fully saturated rings. The third-order valence-corrected chi connectivity index (χ3v) is 2.98. The second-order valence-electron chi connectivity index (χ2n) is 4.29. The van der Waals surface area contributed by atoms with Crippen LogP contribution in [-0.4, -0.2) is 16.2 Å². The lowest BCUT2D eigenvalue weighted by Crippen LogP contribution is -1.93. The van der Waals surface area contributed by atoms with Crippen LogP contribution in [0.25, 0.3) is 10.9 Å². The molecule has 3 rings (SSSR count). The van der Waals surface area contributed by atoms with Crippen molar-refractivity contribution in [3.63, 3.8) is 0 Å². The van der Waals surface area contributed by atoms with E-state index in [1.807, 2.05) is 43.5 Å². The quantitative estimate of drug-likeness (QED) is 0.553. The fourth-order valence-electron chi connectivity index (χ4n) is 2.06. The first-order chi connectivity index (χ1) is 9.34. The van der Waals surface area contributed by atoms with Crippen molar-refractivity contribution in [3.8, 4) is 0 Å². The Hall–Kier alpha value is -2.62. The Morgan fingerprint density at radius 1 is 1.16 bits per heavy atom. The third-order valence-electron chi connectivity index (χ3n) is 2.98. The van der Waals surface area contributed by atoms with Gasteiger partial charge in [-0.3, -0.25) is 5.43 Å². The van der Waals surface area contributed by atoms with Crippen molar-refractivity contribution in [1.29, 1.82) is 0 Å². The van der Waals surface area contributed by atoms with Crippen LogP contribution < -0.4 is 5.43 Å². The Morgan fingerprint density at radius 3 is 2.84 bits per heavy atom. The van der Waals surface area contributed by atoms with Crippen molar-refractivity contribution in [2.24, 2.45) is 5.10 Å². The van der Waals surface area contributed by atoms with E-state index in [1.54, 1.807) is 6.20 Å². The number of hydrogen-bond acceptors (Lipinski definition) is 3. The Labute approximate surface area is 111 Å². The molecule has 0 bridgehead atoms. The molecule has 0 radical (unpaired) electrons. The highest BCUT2D eigenvalue weighted by molar-refractivity contribution is 6.00. The van der Waals surface area contributed by atoms with Crippen molar-refractivity contribution in [3.05, 3.63) is 59.9 Å². The van der Waals surface area contributed by atoms with Crippen molar-refractivity contribution in [1.82, 2.24) is 9.97 Å². The number of nitrogens with zero attached hydrogens (tertiary/aromatic N) is 2. The van der Waals surface area contributed by atoms with Crippen molar-refractivity contribution >= 4 is 22.9 Å². The fourth-order valence-corrected chi connectivity index (χ4v) is 2.06. The summed E-state index contributed by atoms with van der Waals surface area (Å²) in [5.41, 5.74) is 6.24. The van der Waals surface area contributed by atoms with E-state index in [1.165, 1.54) is 5.39 Å². The lowest BCUT2D eigenvalue weighted by Gasteiger charge is -1.97. The molecule has 1 aromatic carbocycles. The summed E-state index contributed by atoms with van der Waals surface area (Å²) < 4.78 is 0. The molecule has 4 nitrogen and oxygen atoms in total. The molecule has 2 heterocycles. The fraction of sp³-hybridized carbons (Fsp3) is 0.0667. The number of fused-ring (bicyclic) bond motifs is 1. The molecule has 0 aliphatic rings. The number of aromatic amines is 1. The highest BCUT2D eigenvalue weighted by Gasteiger charge is 2.04. The number of aryl methyl sites for hydroxylation is 1. The van der Waals surface area contributed by atoms with Crippen molar-refractivity contribution in [2.75, 3.05) is 5.43 Å². The SMILES string of the molecule is Cc1[nH]c2ccccc2c1/C=N/Nc1ccccn1. The summed E-state index contributed by atoms with van der Waals surface area (Å²) in [5.74, 6) is 0.733. The highest BCUT2D eigenvalue weighted by atomic mass is 15.3. The maximum absolute atomic E-state index is 4.24. The van der Waals surface area contributed by atoms with E-state index < -0.39 is 0 Å². The van der Waals surface area contributed by atoms with E-state index in [-0.39, 0.29) is 0 Å². The van der Waals surface area contributed by atoms with Gasteiger partial charge in [0.2, 0.25) is 0 Å². The van der Waals surface area contributed by atoms with Gasteiger partial charge in [0.15, 0.2) is 0 Å². The molecule has 0 saturated heterocycles. The van der Waals surface area contributed by atoms with Crippen molar-refractivity contribution < 1.29 is 0 Å². The number of rotatable bonds is 3. The largest absolute Gasteiger partial charge is 0.358 e. The topological polar surface area (TPSA) is 53.1 Å². The van der Waals surface area contributed by atoms with Crippen LogP contribution in [0, 0.1) is 6.92 Å². The zero-order valence-corrected chi connectivity index (χ0v) is 10.6. The molecule has 2 N–H and O–H groups in total. The summed E-state index contributed by atoms with van der Waals surface area (Å²) in [5, 5.41) is 5.41. The van der Waals surface area contributed by atoms with Gasteiger partial charge in [-0.15, -0.1) is 0 Å². The number of nitrogens with one attached hydrogen (secondary N) is 2. The van der Waals surface area contributed by atoms with E-state index >= 15 is 0 Å². The lowest BCUT2D eigenvalue weighted by molar-refractivity contribution is 1.23. The lowest BCUT2D eigenvalue weighted by atomic mass is 10.1. The van der Waals surface area contributed by atoms with Crippen LogP contribution in [0.3, 0.4) is 0 Å². The Bertz CT molecular complexity index is 713. The maximum atomic E-state index is 4.24. The zero-order valence-electron chi connectivity index (χ0n) is 10.6. The van der Waals surface area contributed by atoms with Crippen LogP contribution in [0.2, 0.25) is 0 Å². The van der Waals surface area contributed by atoms with E-state index in [9.17, 15) is 0 Å². The number of hydrogen-bond donors (Lipinski definition) is 2. The standard InChI is InChI=1S/C15H14N4/c1-11-13(12-6-2-3-7-14(12)18-11)10-17-19-15-8-4-5-9-16-15/h2-10,18H,1H3,(H,16,19)/b17-10+. The van der Waals surface area contributed by atoms with Crippen LogP contribution in [0.4, 0.5) is 5.82 Å². The first kappa shape index (κ1) is 11.5. The van der Waals surface area contributed by atoms with Gasteiger partial charge in [0.05, 0.1) is 6.21 Å². The molecule has 0 amide bonds. The predicted octanol–water partition coefficient (Wildman–Crippen LogP) is 3.32. The van der Waals surface area contributed by atoms with Gasteiger partial charge in [0, 0.05) is 28.4 Å². The van der Waals surface area contributed by atoms with E-state index in [0.29, 0.717) is 0 Å². The molecule has 0 aliphatic carbocycles. The number of para-hydroxylation sites is 1. The van der Waals surface area contributed by atoms with Crippen LogP contribution >= 0.6 is 0 Å². The summed E-state index contributed by atoms with van der Waals surface area (Å²) in [7, 11) is 0. The highest BCUT2D eigenvalue weighted by Crippen LogP contribution is 2.19. The third kappa shape index (κ3) is 2.33. The van der Waals surface area contributed by atoms with Crippen LogP contribution in [0.5, 0.6) is 0 Å². The predicted molar refractivity (Wildman–Crippen MR) is 78.5 cm³/mol. The number of benzene rings is 1. The monoisotopic (exact) mass is 250 g/mol. The van der Waals surface area contributed by atoms with Gasteiger partial charge in [-0.1, -0.05) is 24.3 Å². The smallest absolute Gasteiger partial charge is 0.146 e. The van der Waals surface area contributed by atoms with E-state index in [2.05, 4.69) is 32.6 Å². The summed E-state index contributed by atoms with van der Waals surface area (Å²) in [4.78, 5) is 7.49. The van der Waals surface area contributed by atoms with Gasteiger partial charge in [0.1, 0.15) is 5.82 Å². The van der Waals surface area contributed by atoms with E-state index in [4.69, 9.17) is 0 Å². The normalized spacial score (nSPS) is 11.2. The first-order valence-corrected chi connectivity index (χ1v) is 6.12. The minimum absolute atomic E-state index is 0.733. The molecule has 0 aliphatic heterocycles. The molecular weight excluding hydrogens is 236 g/mol. The number of aromatic nitrogens is 2. The molecular formula is C15H14N4. The maximum Gasteiger partial charge on any atom is 0.146 e. The van der Waals surface area contributed by atoms with Crippen LogP contribution in [0.1, 0.15) is 11.3 Å². The van der Waals surface area contributed by atoms with Gasteiger partial charge in [-0.25, -0.2) is 4.98 Å². The van der Waals surface area contributed by atoms with Gasteiger partial charge in [0.25, 0.3) is 0 Å². The van der Waals surface area contributed by atoms with E-state index in [0.717, 1.165) is 22.6 Å². The molecule has 0 atom stereocenters. The van der Waals surface area contributed by atoms with Crippen LogP contribution in [-0.2, 0) is 0 Å². The number of anilines is 1. The second kappa shape index (κ2) is 4.94. The molecule has 94 valence electrons. The average molecular weight is 250 g/mol. The number of H-pyrrole nitrogens is 1. The Kier molecular flexibility index (Phi) is 2.98. The number of hydrazone groups is 1. The minimum Gasteiger partial charge on any atom is -0.358 e. The summed E-state index contributed by atoms with van der Waals surface area (Å²) in [6, 6.07) is 13.9. The second-order valence-corrected chi connectivity index (χ2v) is 4.29. The zero-order chi connectivity index (χ0) is 13.1. The molecule has 0 saturated carbocycles. The molecule has 0 unspecified atom stereocenters. The van der Waals surface area contributed by atoms with Gasteiger partial charge in [-0.05, 0) is 25.1 Å².